The van der Waals surface area contributed by atoms with Crippen molar-refractivity contribution < 1.29 is 9.50 Å². The van der Waals surface area contributed by atoms with Gasteiger partial charge in [-0.25, -0.2) is 4.39 Å². The molecule has 1 N–H and O–H groups in total. The fourth-order valence-corrected chi connectivity index (χ4v) is 3.77. The Bertz CT molecular complexity index is 506. The molecule has 1 aromatic rings. The molecule has 0 spiro atoms. The van der Waals surface area contributed by atoms with Gasteiger partial charge in [0.15, 0.2) is 0 Å². The molecule has 1 aliphatic heterocycles. The van der Waals surface area contributed by atoms with Crippen LogP contribution in [0.4, 0.5) is 4.39 Å². The van der Waals surface area contributed by atoms with Crippen molar-refractivity contribution in [3.63, 3.8) is 0 Å². The number of halogens is 1. The van der Waals surface area contributed by atoms with Gasteiger partial charge in [-0.3, -0.25) is 0 Å². The van der Waals surface area contributed by atoms with E-state index < -0.39 is 0 Å². The predicted octanol–water partition coefficient (Wildman–Crippen LogP) is 3.03. The molecule has 1 unspecified atom stereocenters. The van der Waals surface area contributed by atoms with Crippen molar-refractivity contribution >= 4 is 0 Å². The van der Waals surface area contributed by atoms with Crippen molar-refractivity contribution in [1.29, 1.82) is 0 Å². The highest BCUT2D eigenvalue weighted by molar-refractivity contribution is 5.17. The van der Waals surface area contributed by atoms with Gasteiger partial charge in [-0.05, 0) is 50.4 Å². The molecule has 0 bridgehead atoms. The van der Waals surface area contributed by atoms with E-state index in [2.05, 4.69) is 30.7 Å². The number of hydrogen-bond donors (Lipinski definition) is 1. The topological polar surface area (TPSA) is 26.7 Å². The summed E-state index contributed by atoms with van der Waals surface area (Å²) in [6, 6.07) is 7.10. The molecule has 3 nitrogen and oxygen atoms in total. The molecular weight excluding hydrogens is 303 g/mol. The summed E-state index contributed by atoms with van der Waals surface area (Å²) in [7, 11) is 2.15. The second kappa shape index (κ2) is 8.93. The molecule has 1 aliphatic rings. The number of rotatable bonds is 8. The number of aliphatic hydroxyl groups is 1. The van der Waals surface area contributed by atoms with Crippen LogP contribution in [0.3, 0.4) is 0 Å². The number of piperidine rings is 1. The van der Waals surface area contributed by atoms with Gasteiger partial charge in [0.1, 0.15) is 5.82 Å². The molecular formula is C20H33FN2O. The van der Waals surface area contributed by atoms with Crippen LogP contribution in [-0.4, -0.2) is 61.3 Å². The Balaban J connectivity index is 1.78. The zero-order valence-corrected chi connectivity index (χ0v) is 15.5. The quantitative estimate of drug-likeness (QED) is 0.790. The molecule has 1 heterocycles. The first-order valence-electron chi connectivity index (χ1n) is 9.15. The highest BCUT2D eigenvalue weighted by Gasteiger charge is 2.24. The van der Waals surface area contributed by atoms with Gasteiger partial charge in [-0.15, -0.1) is 0 Å². The Labute approximate surface area is 146 Å². The molecule has 2 rings (SSSR count). The summed E-state index contributed by atoms with van der Waals surface area (Å²) in [5.74, 6) is 0.580. The summed E-state index contributed by atoms with van der Waals surface area (Å²) >= 11 is 0. The van der Waals surface area contributed by atoms with Gasteiger partial charge in [-0.2, -0.15) is 0 Å². The van der Waals surface area contributed by atoms with Crippen molar-refractivity contribution in [3.8, 4) is 0 Å². The van der Waals surface area contributed by atoms with Crippen LogP contribution in [0.25, 0.3) is 0 Å². The average molecular weight is 336 g/mol. The fraction of sp³-hybridized carbons (Fsp3) is 0.700. The van der Waals surface area contributed by atoms with Gasteiger partial charge < -0.3 is 14.9 Å². The zero-order valence-electron chi connectivity index (χ0n) is 15.5. The minimum Gasteiger partial charge on any atom is -0.396 e. The lowest BCUT2D eigenvalue weighted by Gasteiger charge is -2.36. The molecule has 0 aliphatic carbocycles. The first kappa shape index (κ1) is 19.4. The van der Waals surface area contributed by atoms with Crippen LogP contribution in [-0.2, 0) is 6.42 Å². The molecule has 136 valence electrons. The Morgan fingerprint density at radius 2 is 2.08 bits per heavy atom. The summed E-state index contributed by atoms with van der Waals surface area (Å²) in [4.78, 5) is 4.83. The summed E-state index contributed by atoms with van der Waals surface area (Å²) in [5, 5.41) is 9.43. The molecule has 0 saturated carbocycles. The maximum atomic E-state index is 13.7. The van der Waals surface area contributed by atoms with Crippen molar-refractivity contribution in [1.82, 2.24) is 9.80 Å². The third-order valence-electron chi connectivity index (χ3n) is 4.95. The maximum Gasteiger partial charge on any atom is 0.126 e. The smallest absolute Gasteiger partial charge is 0.126 e. The zero-order chi connectivity index (χ0) is 17.6. The van der Waals surface area contributed by atoms with E-state index in [-0.39, 0.29) is 17.8 Å². The average Bonchev–Trinajstić information content (AvgIpc) is 2.54. The van der Waals surface area contributed by atoms with Crippen molar-refractivity contribution in [2.24, 2.45) is 11.3 Å². The monoisotopic (exact) mass is 336 g/mol. The van der Waals surface area contributed by atoms with Crippen LogP contribution in [0.2, 0.25) is 0 Å². The summed E-state index contributed by atoms with van der Waals surface area (Å²) in [5.41, 5.74) is 0.773. The van der Waals surface area contributed by atoms with Gasteiger partial charge >= 0.3 is 0 Å². The van der Waals surface area contributed by atoms with E-state index >= 15 is 0 Å². The van der Waals surface area contributed by atoms with E-state index in [1.54, 1.807) is 12.1 Å². The van der Waals surface area contributed by atoms with Gasteiger partial charge in [0.05, 0.1) is 0 Å². The van der Waals surface area contributed by atoms with Crippen LogP contribution in [0, 0.1) is 17.2 Å². The molecule has 24 heavy (non-hydrogen) atoms. The van der Waals surface area contributed by atoms with Crippen molar-refractivity contribution in [2.45, 2.75) is 33.1 Å². The van der Waals surface area contributed by atoms with Crippen LogP contribution in [0.1, 0.15) is 32.3 Å². The molecule has 1 saturated heterocycles. The highest BCUT2D eigenvalue weighted by Crippen LogP contribution is 2.21. The van der Waals surface area contributed by atoms with E-state index in [1.807, 2.05) is 12.1 Å². The van der Waals surface area contributed by atoms with Gasteiger partial charge in [0.25, 0.3) is 0 Å². The second-order valence-electron chi connectivity index (χ2n) is 8.17. The van der Waals surface area contributed by atoms with Gasteiger partial charge in [-0.1, -0.05) is 32.0 Å². The lowest BCUT2D eigenvalue weighted by molar-refractivity contribution is 0.0907. The number of hydrogen-bond acceptors (Lipinski definition) is 3. The Kier molecular flexibility index (Phi) is 7.20. The number of aliphatic hydroxyl groups excluding tert-OH is 1. The largest absolute Gasteiger partial charge is 0.396 e. The molecule has 0 radical (unpaired) electrons. The third-order valence-corrected chi connectivity index (χ3v) is 4.95. The predicted molar refractivity (Wildman–Crippen MR) is 97.6 cm³/mol. The van der Waals surface area contributed by atoms with E-state index in [9.17, 15) is 9.50 Å². The number of nitrogens with zero attached hydrogens (tertiary/aromatic N) is 2. The SMILES string of the molecule is CN(CC1CCCN(CCc2ccccc2F)C1)CC(C)(C)CO. The summed E-state index contributed by atoms with van der Waals surface area (Å²) in [6.07, 6.45) is 3.27. The second-order valence-corrected chi connectivity index (χ2v) is 8.17. The van der Waals surface area contributed by atoms with Gasteiger partial charge in [0.2, 0.25) is 0 Å². The summed E-state index contributed by atoms with van der Waals surface area (Å²) in [6.45, 7) is 9.56. The van der Waals surface area contributed by atoms with Crippen LogP contribution in [0.5, 0.6) is 0 Å². The standard InChI is InChI=1S/C20H33FN2O/c1-20(2,16-24)15-22(3)13-17-7-6-11-23(14-17)12-10-18-8-4-5-9-19(18)21/h4-5,8-9,17,24H,6-7,10-16H2,1-3H3. The molecule has 1 aromatic carbocycles. The lowest BCUT2D eigenvalue weighted by Crippen LogP contribution is -2.43. The van der Waals surface area contributed by atoms with Crippen LogP contribution < -0.4 is 0 Å². The molecule has 0 amide bonds. The molecule has 1 fully saturated rings. The first-order valence-corrected chi connectivity index (χ1v) is 9.15. The Hall–Kier alpha value is -0.970. The summed E-state index contributed by atoms with van der Waals surface area (Å²) < 4.78 is 13.7. The first-order chi connectivity index (χ1) is 11.4. The van der Waals surface area contributed by atoms with Crippen molar-refractivity contribution in [2.75, 3.05) is 46.4 Å². The van der Waals surface area contributed by atoms with Crippen LogP contribution >= 0.6 is 0 Å². The fourth-order valence-electron chi connectivity index (χ4n) is 3.77. The van der Waals surface area contributed by atoms with Crippen molar-refractivity contribution in [3.05, 3.63) is 35.6 Å². The molecule has 4 heteroatoms. The van der Waals surface area contributed by atoms with E-state index in [4.69, 9.17) is 0 Å². The normalized spacial score (nSPS) is 19.8. The number of likely N-dealkylation sites (tertiary alicyclic amines) is 1. The van der Waals surface area contributed by atoms with Crippen LogP contribution in [0.15, 0.2) is 24.3 Å². The number of benzene rings is 1. The van der Waals surface area contributed by atoms with Gasteiger partial charge in [0, 0.05) is 38.2 Å². The van der Waals surface area contributed by atoms with E-state index in [1.165, 1.54) is 12.8 Å². The third kappa shape index (κ3) is 6.15. The Morgan fingerprint density at radius 3 is 2.79 bits per heavy atom. The Morgan fingerprint density at radius 1 is 1.33 bits per heavy atom. The lowest BCUT2D eigenvalue weighted by atomic mass is 9.92. The maximum absolute atomic E-state index is 13.7. The minimum atomic E-state index is -0.0861. The molecule has 0 aromatic heterocycles. The highest BCUT2D eigenvalue weighted by atomic mass is 19.1. The molecule has 1 atom stereocenters. The van der Waals surface area contributed by atoms with E-state index in [0.29, 0.717) is 5.92 Å². The minimum absolute atomic E-state index is 0.0477. The van der Waals surface area contributed by atoms with E-state index in [0.717, 1.165) is 44.7 Å².